The van der Waals surface area contributed by atoms with Crippen molar-refractivity contribution in [2.45, 2.75) is 37.4 Å². The number of rotatable bonds is 6. The maximum atomic E-state index is 13.0. The summed E-state index contributed by atoms with van der Waals surface area (Å²) < 4.78 is 11.5. The lowest BCUT2D eigenvalue weighted by Crippen LogP contribution is -2.52. The van der Waals surface area contributed by atoms with E-state index in [1.54, 1.807) is 24.3 Å². The number of piperidine rings is 1. The van der Waals surface area contributed by atoms with Gasteiger partial charge in [0.05, 0.1) is 33.6 Å². The van der Waals surface area contributed by atoms with E-state index in [4.69, 9.17) is 33.0 Å². The molecule has 1 N–H and O–H groups in total. The predicted molar refractivity (Wildman–Crippen MR) is 134 cm³/mol. The van der Waals surface area contributed by atoms with Crippen LogP contribution in [-0.2, 0) is 20.9 Å². The first-order chi connectivity index (χ1) is 17.3. The summed E-state index contributed by atoms with van der Waals surface area (Å²) in [6.45, 7) is 2.97. The van der Waals surface area contributed by atoms with Crippen LogP contribution < -0.4 is 15.5 Å². The zero-order valence-electron chi connectivity index (χ0n) is 19.8. The molecule has 2 aromatic rings. The highest BCUT2D eigenvalue weighted by atomic mass is 16.5. The van der Waals surface area contributed by atoms with Gasteiger partial charge in [-0.1, -0.05) is 29.7 Å². The SMILES string of the molecule is [B]c1cc(C([B])N2CCOCC2)ccc1C([B])Oc1cccc2c1CN(C1CCC(=O)NC1=O)C2=O. The van der Waals surface area contributed by atoms with Gasteiger partial charge in [-0.15, -0.1) is 0 Å². The molecule has 11 heteroatoms. The standard InChI is InChI=1S/C25H24B3N3O5/c26-18-12-14(22(27)30-8-10-35-11-9-30)4-5-16(18)23(28)36-20-3-1-2-15-17(20)13-31(25(15)34)19-6-7-21(32)29-24(19)33/h1-5,12,19,22-23H,6-11,13H2,(H,29,32,33). The second-order valence-corrected chi connectivity index (χ2v) is 9.20. The molecular formula is C25H24B3N3O5. The highest BCUT2D eigenvalue weighted by Gasteiger charge is 2.40. The Hall–Kier alpha value is -3.04. The van der Waals surface area contributed by atoms with Gasteiger partial charge in [-0.05, 0) is 35.6 Å². The topological polar surface area (TPSA) is 88.2 Å². The van der Waals surface area contributed by atoms with Gasteiger partial charge < -0.3 is 19.3 Å². The van der Waals surface area contributed by atoms with Gasteiger partial charge in [-0.2, -0.15) is 0 Å². The van der Waals surface area contributed by atoms with E-state index in [1.165, 1.54) is 4.90 Å². The average Bonchev–Trinajstić information content (AvgIpc) is 3.21. The van der Waals surface area contributed by atoms with E-state index >= 15 is 0 Å². The first kappa shape index (κ1) is 24.7. The van der Waals surface area contributed by atoms with Crippen molar-refractivity contribution in [3.63, 3.8) is 0 Å². The summed E-state index contributed by atoms with van der Waals surface area (Å²) in [4.78, 5) is 40.5. The van der Waals surface area contributed by atoms with Crippen LogP contribution in [0.1, 0.15) is 51.8 Å². The average molecular weight is 479 g/mol. The van der Waals surface area contributed by atoms with E-state index in [-0.39, 0.29) is 37.1 Å². The fraction of sp³-hybridized carbons (Fsp3) is 0.400. The van der Waals surface area contributed by atoms with Gasteiger partial charge in [0.25, 0.3) is 5.91 Å². The molecule has 0 spiro atoms. The van der Waals surface area contributed by atoms with Gasteiger partial charge in [0.2, 0.25) is 11.8 Å². The first-order valence-electron chi connectivity index (χ1n) is 12.0. The Morgan fingerprint density at radius 2 is 1.86 bits per heavy atom. The fourth-order valence-corrected chi connectivity index (χ4v) is 4.97. The number of hydrogen-bond donors (Lipinski definition) is 1. The Labute approximate surface area is 213 Å². The van der Waals surface area contributed by atoms with Crippen molar-refractivity contribution in [2.24, 2.45) is 0 Å². The Bertz CT molecular complexity index is 1200. The maximum absolute atomic E-state index is 13.0. The number of hydrogen-bond acceptors (Lipinski definition) is 6. The van der Waals surface area contributed by atoms with E-state index in [0.29, 0.717) is 41.1 Å². The second kappa shape index (κ2) is 10.1. The van der Waals surface area contributed by atoms with Gasteiger partial charge in [0.1, 0.15) is 27.5 Å². The van der Waals surface area contributed by atoms with E-state index in [1.807, 2.05) is 12.1 Å². The molecule has 3 unspecified atom stereocenters. The fourth-order valence-electron chi connectivity index (χ4n) is 4.97. The summed E-state index contributed by atoms with van der Waals surface area (Å²) >= 11 is 0. The zero-order chi connectivity index (χ0) is 25.4. The number of benzene rings is 2. The maximum Gasteiger partial charge on any atom is 0.255 e. The Morgan fingerprint density at radius 1 is 1.08 bits per heavy atom. The minimum atomic E-state index is -0.884. The third-order valence-electron chi connectivity index (χ3n) is 6.99. The van der Waals surface area contributed by atoms with E-state index in [2.05, 4.69) is 10.2 Å². The summed E-state index contributed by atoms with van der Waals surface area (Å²) in [5.74, 6) is -0.931. The van der Waals surface area contributed by atoms with Crippen molar-refractivity contribution in [3.8, 4) is 5.75 Å². The third-order valence-corrected chi connectivity index (χ3v) is 6.99. The van der Waals surface area contributed by atoms with Crippen LogP contribution in [0.25, 0.3) is 0 Å². The van der Waals surface area contributed by atoms with Crippen molar-refractivity contribution in [3.05, 3.63) is 58.7 Å². The molecule has 3 atom stereocenters. The number of carbonyl (C=O) groups excluding carboxylic acids is 3. The van der Waals surface area contributed by atoms with Crippen LogP contribution in [0.4, 0.5) is 0 Å². The zero-order valence-corrected chi connectivity index (χ0v) is 19.8. The van der Waals surface area contributed by atoms with Crippen molar-refractivity contribution in [1.29, 1.82) is 0 Å². The lowest BCUT2D eigenvalue weighted by Gasteiger charge is -2.33. The van der Waals surface area contributed by atoms with Crippen molar-refractivity contribution >= 4 is 46.7 Å². The summed E-state index contributed by atoms with van der Waals surface area (Å²) in [5.41, 5.74) is 3.02. The molecule has 3 amide bonds. The highest BCUT2D eigenvalue weighted by Crippen LogP contribution is 2.35. The predicted octanol–water partition coefficient (Wildman–Crippen LogP) is -0.0132. The largest absolute Gasteiger partial charge is 0.496 e. The van der Waals surface area contributed by atoms with E-state index < -0.39 is 18.0 Å². The minimum Gasteiger partial charge on any atom is -0.496 e. The molecule has 6 radical (unpaired) electrons. The first-order valence-corrected chi connectivity index (χ1v) is 12.0. The summed E-state index contributed by atoms with van der Waals surface area (Å²) in [6.07, 6.45) is 0.477. The summed E-state index contributed by atoms with van der Waals surface area (Å²) in [6, 6.07) is 9.05. The third kappa shape index (κ3) is 4.69. The van der Waals surface area contributed by atoms with Crippen LogP contribution in [-0.4, -0.2) is 83.4 Å². The number of carbonyl (C=O) groups is 3. The number of imide groups is 1. The molecule has 2 saturated heterocycles. The molecule has 0 aromatic heterocycles. The van der Waals surface area contributed by atoms with Crippen LogP contribution in [0.2, 0.25) is 0 Å². The molecule has 3 aliphatic heterocycles. The summed E-state index contributed by atoms with van der Waals surface area (Å²) in [7, 11) is 19.1. The van der Waals surface area contributed by atoms with E-state index in [9.17, 15) is 14.4 Å². The lowest BCUT2D eigenvalue weighted by atomic mass is 9.77. The van der Waals surface area contributed by atoms with Gasteiger partial charge in [0.15, 0.2) is 0 Å². The molecule has 3 aliphatic rings. The molecule has 2 aromatic carbocycles. The molecule has 0 bridgehead atoms. The molecule has 8 nitrogen and oxygen atoms in total. The van der Waals surface area contributed by atoms with Gasteiger partial charge in [-0.3, -0.25) is 19.7 Å². The van der Waals surface area contributed by atoms with Crippen molar-refractivity contribution < 1.29 is 23.9 Å². The normalized spacial score (nSPS) is 22.2. The molecule has 2 fully saturated rings. The monoisotopic (exact) mass is 479 g/mol. The van der Waals surface area contributed by atoms with Crippen LogP contribution in [0, 0.1) is 0 Å². The number of nitrogens with zero attached hydrogens (tertiary/aromatic N) is 2. The lowest BCUT2D eigenvalue weighted by molar-refractivity contribution is -0.136. The number of fused-ring (bicyclic) bond motifs is 1. The van der Waals surface area contributed by atoms with Crippen LogP contribution >= 0.6 is 0 Å². The molecule has 3 heterocycles. The Balaban J connectivity index is 1.32. The van der Waals surface area contributed by atoms with Gasteiger partial charge in [-0.25, -0.2) is 0 Å². The second-order valence-electron chi connectivity index (χ2n) is 9.20. The van der Waals surface area contributed by atoms with Crippen LogP contribution in [0.3, 0.4) is 0 Å². The molecule has 5 rings (SSSR count). The number of ether oxygens (including phenoxy) is 2. The van der Waals surface area contributed by atoms with Crippen LogP contribution in [0.5, 0.6) is 5.75 Å². The number of amides is 3. The number of morpholine rings is 1. The highest BCUT2D eigenvalue weighted by molar-refractivity contribution is 6.34. The van der Waals surface area contributed by atoms with Gasteiger partial charge in [0, 0.05) is 30.6 Å². The molecule has 0 saturated carbocycles. The molecule has 178 valence electrons. The molecule has 36 heavy (non-hydrogen) atoms. The van der Waals surface area contributed by atoms with Crippen molar-refractivity contribution in [2.75, 3.05) is 26.3 Å². The minimum absolute atomic E-state index is 0.187. The van der Waals surface area contributed by atoms with E-state index in [0.717, 1.165) is 18.7 Å². The quantitative estimate of drug-likeness (QED) is 0.464. The van der Waals surface area contributed by atoms with Crippen LogP contribution in [0.15, 0.2) is 36.4 Å². The summed E-state index contributed by atoms with van der Waals surface area (Å²) in [5, 5.41) is 2.31. The Morgan fingerprint density at radius 3 is 2.58 bits per heavy atom. The van der Waals surface area contributed by atoms with Gasteiger partial charge >= 0.3 is 0 Å². The molecular weight excluding hydrogens is 455 g/mol. The van der Waals surface area contributed by atoms with Crippen molar-refractivity contribution in [1.82, 2.24) is 15.1 Å². The molecule has 0 aliphatic carbocycles. The Kier molecular flexibility index (Phi) is 6.95. The number of nitrogens with one attached hydrogen (secondary N) is 1. The smallest absolute Gasteiger partial charge is 0.255 e.